The molecule has 0 aliphatic heterocycles. The minimum absolute atomic E-state index is 0.387. The van der Waals surface area contributed by atoms with Gasteiger partial charge in [0.25, 0.3) is 0 Å². The number of methoxy groups -OCH3 is 1. The molecule has 0 saturated heterocycles. The number of halogens is 1. The normalized spacial score (nSPS) is 11.8. The number of aryl methyl sites for hydroxylation is 1. The molecule has 1 rings (SSSR count). The maximum Gasteiger partial charge on any atom is 0.333 e. The Morgan fingerprint density at radius 1 is 1.44 bits per heavy atom. The van der Waals surface area contributed by atoms with Crippen LogP contribution in [0, 0.1) is 6.92 Å². The molecule has 98 valence electrons. The zero-order valence-corrected chi connectivity index (χ0v) is 11.0. The zero-order valence-electron chi connectivity index (χ0n) is 10.3. The third kappa shape index (κ3) is 3.13. The van der Waals surface area contributed by atoms with E-state index in [-0.39, 0.29) is 0 Å². The molecule has 1 aromatic rings. The van der Waals surface area contributed by atoms with Gasteiger partial charge in [-0.3, -0.25) is 4.79 Å². The highest BCUT2D eigenvalue weighted by molar-refractivity contribution is 6.31. The molecule has 0 heterocycles. The molecule has 0 aromatic heterocycles. The van der Waals surface area contributed by atoms with Crippen LogP contribution in [-0.4, -0.2) is 30.0 Å². The smallest absolute Gasteiger partial charge is 0.333 e. The fraction of sp³-hybridized carbons (Fsp3) is 0.333. The van der Waals surface area contributed by atoms with Gasteiger partial charge in [0.05, 0.1) is 12.8 Å². The fourth-order valence-corrected chi connectivity index (χ4v) is 1.59. The van der Waals surface area contributed by atoms with Gasteiger partial charge in [0.2, 0.25) is 0 Å². The van der Waals surface area contributed by atoms with Gasteiger partial charge >= 0.3 is 5.97 Å². The largest absolute Gasteiger partial charge is 0.495 e. The van der Waals surface area contributed by atoms with E-state index in [1.54, 1.807) is 19.1 Å². The first-order valence-corrected chi connectivity index (χ1v) is 5.58. The lowest BCUT2D eigenvalue weighted by Gasteiger charge is -2.16. The lowest BCUT2D eigenvalue weighted by Crippen LogP contribution is -2.35. The number of anilines is 1. The average Bonchev–Trinajstić information content (AvgIpc) is 2.28. The highest BCUT2D eigenvalue weighted by atomic mass is 35.5. The van der Waals surface area contributed by atoms with E-state index in [1.807, 2.05) is 0 Å². The summed E-state index contributed by atoms with van der Waals surface area (Å²) in [7, 11) is 1.44. The van der Waals surface area contributed by atoms with Crippen molar-refractivity contribution in [2.24, 2.45) is 0 Å². The van der Waals surface area contributed by atoms with Crippen molar-refractivity contribution >= 4 is 29.0 Å². The lowest BCUT2D eigenvalue weighted by molar-refractivity contribution is -0.140. The van der Waals surface area contributed by atoms with Crippen LogP contribution in [0.2, 0.25) is 5.02 Å². The number of carboxylic acids is 1. The van der Waals surface area contributed by atoms with E-state index >= 15 is 0 Å². The van der Waals surface area contributed by atoms with Gasteiger partial charge in [-0.05, 0) is 25.5 Å². The molecule has 0 saturated carbocycles. The minimum Gasteiger partial charge on any atom is -0.495 e. The van der Waals surface area contributed by atoms with Crippen LogP contribution < -0.4 is 10.1 Å². The van der Waals surface area contributed by atoms with Crippen molar-refractivity contribution < 1.29 is 19.4 Å². The van der Waals surface area contributed by atoms with Crippen molar-refractivity contribution in [3.63, 3.8) is 0 Å². The van der Waals surface area contributed by atoms with Crippen molar-refractivity contribution in [2.75, 3.05) is 12.4 Å². The molecule has 0 aliphatic carbocycles. The summed E-state index contributed by atoms with van der Waals surface area (Å²) in [5, 5.41) is 12.1. The van der Waals surface area contributed by atoms with Crippen molar-refractivity contribution in [1.29, 1.82) is 0 Å². The van der Waals surface area contributed by atoms with Crippen molar-refractivity contribution in [1.82, 2.24) is 0 Å². The number of Topliss-reactive ketones (excluding diaryl/α,β-unsaturated/α-hetero) is 1. The number of carboxylic acid groups (broad SMARTS) is 1. The first-order chi connectivity index (χ1) is 8.36. The summed E-state index contributed by atoms with van der Waals surface area (Å²) >= 11 is 5.94. The Morgan fingerprint density at radius 3 is 2.50 bits per heavy atom. The second kappa shape index (κ2) is 5.73. The summed E-state index contributed by atoms with van der Waals surface area (Å²) < 4.78 is 5.09. The molecule has 6 heteroatoms. The number of benzene rings is 1. The number of rotatable bonds is 5. The second-order valence-electron chi connectivity index (χ2n) is 3.83. The number of hydrogen-bond acceptors (Lipinski definition) is 4. The van der Waals surface area contributed by atoms with E-state index in [0.717, 1.165) is 5.56 Å². The van der Waals surface area contributed by atoms with Gasteiger partial charge in [-0.1, -0.05) is 11.6 Å². The number of carbonyl (C=O) groups excluding carboxylic acids is 1. The number of hydrogen-bond donors (Lipinski definition) is 2. The molecule has 1 atom stereocenters. The van der Waals surface area contributed by atoms with Gasteiger partial charge in [-0.2, -0.15) is 0 Å². The number of nitrogens with one attached hydrogen (secondary N) is 1. The van der Waals surface area contributed by atoms with Crippen molar-refractivity contribution in [3.8, 4) is 5.75 Å². The van der Waals surface area contributed by atoms with E-state index in [1.165, 1.54) is 14.0 Å². The molecule has 1 unspecified atom stereocenters. The van der Waals surface area contributed by atoms with E-state index in [4.69, 9.17) is 21.4 Å². The SMILES string of the molecule is COc1cc(Cl)c(C)cc1NC(C(C)=O)C(=O)O. The molecule has 5 nitrogen and oxygen atoms in total. The van der Waals surface area contributed by atoms with Gasteiger partial charge in [-0.15, -0.1) is 0 Å². The Hall–Kier alpha value is -1.75. The average molecular weight is 272 g/mol. The number of ketones is 1. The Morgan fingerprint density at radius 2 is 2.06 bits per heavy atom. The lowest BCUT2D eigenvalue weighted by atomic mass is 10.1. The predicted molar refractivity (Wildman–Crippen MR) is 68.5 cm³/mol. The third-order valence-electron chi connectivity index (χ3n) is 2.43. The van der Waals surface area contributed by atoms with E-state index in [2.05, 4.69) is 5.32 Å². The first-order valence-electron chi connectivity index (χ1n) is 5.20. The van der Waals surface area contributed by atoms with Crippen LogP contribution in [0.5, 0.6) is 5.75 Å². The molecule has 0 aliphatic rings. The van der Waals surface area contributed by atoms with E-state index < -0.39 is 17.8 Å². The summed E-state index contributed by atoms with van der Waals surface area (Å²) in [6.07, 6.45) is 0. The maximum atomic E-state index is 11.2. The van der Waals surface area contributed by atoms with Crippen LogP contribution >= 0.6 is 11.6 Å². The van der Waals surface area contributed by atoms with Gasteiger partial charge in [-0.25, -0.2) is 4.79 Å². The molecule has 18 heavy (non-hydrogen) atoms. The highest BCUT2D eigenvalue weighted by Crippen LogP contribution is 2.31. The molecule has 0 bridgehead atoms. The quantitative estimate of drug-likeness (QED) is 0.802. The minimum atomic E-state index is -1.31. The van der Waals surface area contributed by atoms with Crippen molar-refractivity contribution in [3.05, 3.63) is 22.7 Å². The van der Waals surface area contributed by atoms with Crippen LogP contribution in [0.25, 0.3) is 0 Å². The van der Waals surface area contributed by atoms with Gasteiger partial charge in [0.1, 0.15) is 5.75 Å². The topological polar surface area (TPSA) is 75.6 Å². The molecule has 0 spiro atoms. The molecule has 0 fully saturated rings. The molecule has 0 amide bonds. The summed E-state index contributed by atoms with van der Waals surface area (Å²) in [6, 6.07) is 1.90. The van der Waals surface area contributed by atoms with Gasteiger partial charge in [0, 0.05) is 11.1 Å². The summed E-state index contributed by atoms with van der Waals surface area (Å²) in [5.41, 5.74) is 1.18. The molecular weight excluding hydrogens is 258 g/mol. The van der Waals surface area contributed by atoms with E-state index in [0.29, 0.717) is 16.5 Å². The first kappa shape index (κ1) is 14.3. The fourth-order valence-electron chi connectivity index (χ4n) is 1.44. The van der Waals surface area contributed by atoms with Crippen LogP contribution in [0.15, 0.2) is 12.1 Å². The summed E-state index contributed by atoms with van der Waals surface area (Å²) in [5.74, 6) is -1.34. The van der Waals surface area contributed by atoms with Crippen LogP contribution in [0.4, 0.5) is 5.69 Å². The Balaban J connectivity index is 3.13. The zero-order chi connectivity index (χ0) is 13.9. The molecule has 2 N–H and O–H groups in total. The molecule has 0 radical (unpaired) electrons. The molecular formula is C12H14ClNO4. The van der Waals surface area contributed by atoms with Crippen LogP contribution in [0.3, 0.4) is 0 Å². The highest BCUT2D eigenvalue weighted by Gasteiger charge is 2.23. The number of aliphatic carboxylic acids is 1. The monoisotopic (exact) mass is 271 g/mol. The summed E-state index contributed by atoms with van der Waals surface area (Å²) in [4.78, 5) is 22.2. The standard InChI is InChI=1S/C12H14ClNO4/c1-6-4-9(10(18-3)5-8(6)13)14-11(7(2)15)12(16)17/h4-5,11,14H,1-3H3,(H,16,17). The number of carbonyl (C=O) groups is 2. The third-order valence-corrected chi connectivity index (χ3v) is 2.84. The molecule has 1 aromatic carbocycles. The second-order valence-corrected chi connectivity index (χ2v) is 4.24. The Bertz CT molecular complexity index is 473. The summed E-state index contributed by atoms with van der Waals surface area (Å²) in [6.45, 7) is 2.98. The van der Waals surface area contributed by atoms with E-state index in [9.17, 15) is 9.59 Å². The van der Waals surface area contributed by atoms with Gasteiger partial charge < -0.3 is 15.2 Å². The Kier molecular flexibility index (Phi) is 4.55. The van der Waals surface area contributed by atoms with Gasteiger partial charge in [0.15, 0.2) is 11.8 Å². The van der Waals surface area contributed by atoms with Crippen molar-refractivity contribution in [2.45, 2.75) is 19.9 Å². The predicted octanol–water partition coefficient (Wildman–Crippen LogP) is 2.11. The maximum absolute atomic E-state index is 11.2. The Labute approximate surface area is 110 Å². The van der Waals surface area contributed by atoms with Crippen LogP contribution in [-0.2, 0) is 9.59 Å². The number of ether oxygens (including phenoxy) is 1. The van der Waals surface area contributed by atoms with Crippen LogP contribution in [0.1, 0.15) is 12.5 Å².